The van der Waals surface area contributed by atoms with Crippen molar-refractivity contribution in [2.24, 2.45) is 0 Å². The highest BCUT2D eigenvalue weighted by Crippen LogP contribution is 2.27. The molecule has 206 valence electrons. The number of hydrogen-bond donors (Lipinski definition) is 1. The van der Waals surface area contributed by atoms with Crippen LogP contribution in [-0.2, 0) is 26.4 Å². The average molecular weight is 647 g/mol. The van der Waals surface area contributed by atoms with E-state index in [2.05, 4.69) is 31.2 Å². The van der Waals surface area contributed by atoms with E-state index >= 15 is 0 Å². The number of nitrogens with zero attached hydrogens (tertiary/aromatic N) is 4. The smallest absolute Gasteiger partial charge is 0.280 e. The Kier molecular flexibility index (Phi) is 8.55. The Morgan fingerprint density at radius 2 is 1.76 bits per heavy atom. The topological polar surface area (TPSA) is 122 Å². The second kappa shape index (κ2) is 11.2. The van der Waals surface area contributed by atoms with Crippen molar-refractivity contribution in [3.8, 4) is 0 Å². The molecule has 0 unspecified atom stereocenters. The van der Waals surface area contributed by atoms with Crippen molar-refractivity contribution >= 4 is 64.0 Å². The van der Waals surface area contributed by atoms with Gasteiger partial charge in [0.1, 0.15) is 6.33 Å². The fraction of sp³-hybridized carbons (Fsp3) is 0.417. The van der Waals surface area contributed by atoms with E-state index in [1.54, 1.807) is 26.8 Å². The lowest BCUT2D eigenvalue weighted by molar-refractivity contribution is 0.181. The first kappa shape index (κ1) is 29.0. The molecule has 10 nitrogen and oxygen atoms in total. The van der Waals surface area contributed by atoms with Crippen molar-refractivity contribution in [2.45, 2.75) is 37.5 Å². The molecule has 4 rings (SSSR count). The van der Waals surface area contributed by atoms with E-state index in [0.29, 0.717) is 48.6 Å². The lowest BCUT2D eigenvalue weighted by atomic mass is 10.1. The molecule has 38 heavy (non-hydrogen) atoms. The summed E-state index contributed by atoms with van der Waals surface area (Å²) < 4.78 is 53.3. The molecule has 0 atom stereocenters. The Hall–Kier alpha value is -2.03. The van der Waals surface area contributed by atoms with Gasteiger partial charge in [0.05, 0.1) is 32.5 Å². The summed E-state index contributed by atoms with van der Waals surface area (Å²) in [6.45, 7) is 7.53. The van der Waals surface area contributed by atoms with Crippen LogP contribution in [0.5, 0.6) is 0 Å². The van der Waals surface area contributed by atoms with Gasteiger partial charge in [-0.3, -0.25) is 15.1 Å². The minimum Gasteiger partial charge on any atom is -0.296 e. The first-order valence-electron chi connectivity index (χ1n) is 12.0. The number of hydrogen-bond acceptors (Lipinski definition) is 8. The highest BCUT2D eigenvalue weighted by Gasteiger charge is 2.29. The zero-order valence-electron chi connectivity index (χ0n) is 21.2. The summed E-state index contributed by atoms with van der Waals surface area (Å²) >= 11 is 9.66. The molecule has 1 saturated heterocycles. The van der Waals surface area contributed by atoms with Crippen molar-refractivity contribution in [3.63, 3.8) is 0 Å². The quantitative estimate of drug-likeness (QED) is 0.396. The summed E-state index contributed by atoms with van der Waals surface area (Å²) in [6.07, 6.45) is 1.31. The van der Waals surface area contributed by atoms with Gasteiger partial charge < -0.3 is 0 Å². The van der Waals surface area contributed by atoms with Crippen molar-refractivity contribution in [2.75, 3.05) is 37.4 Å². The first-order chi connectivity index (χ1) is 17.8. The van der Waals surface area contributed by atoms with E-state index in [-0.39, 0.29) is 16.3 Å². The summed E-state index contributed by atoms with van der Waals surface area (Å²) in [5.41, 5.74) is 4.01. The zero-order valence-corrected chi connectivity index (χ0v) is 25.2. The lowest BCUT2D eigenvalue weighted by Crippen LogP contribution is -2.50. The molecule has 1 aliphatic rings. The number of rotatable bonds is 8. The number of piperazine rings is 1. The number of aromatic nitrogens is 2. The molecular formula is C24H29BrClN5O5S2. The maximum Gasteiger partial charge on any atom is 0.280 e. The molecule has 1 N–H and O–H groups in total. The third-order valence-electron chi connectivity index (χ3n) is 6.50. The highest BCUT2D eigenvalue weighted by atomic mass is 79.9. The van der Waals surface area contributed by atoms with Crippen LogP contribution in [0, 0.1) is 0 Å². The highest BCUT2D eigenvalue weighted by molar-refractivity contribution is 9.10. The predicted molar refractivity (Wildman–Crippen MR) is 153 cm³/mol. The molecule has 1 aliphatic heterocycles. The molecule has 2 aromatic carbocycles. The van der Waals surface area contributed by atoms with E-state index < -0.39 is 30.7 Å². The largest absolute Gasteiger partial charge is 0.296 e. The molecule has 14 heteroatoms. The minimum atomic E-state index is -3.57. The molecule has 0 saturated carbocycles. The molecule has 0 radical (unpaired) electrons. The van der Waals surface area contributed by atoms with E-state index in [0.717, 1.165) is 14.7 Å². The third kappa shape index (κ3) is 5.92. The van der Waals surface area contributed by atoms with Crippen molar-refractivity contribution in [1.29, 1.82) is 0 Å². The van der Waals surface area contributed by atoms with E-state index in [1.165, 1.54) is 28.8 Å². The van der Waals surface area contributed by atoms with Crippen molar-refractivity contribution in [1.82, 2.24) is 18.9 Å². The summed E-state index contributed by atoms with van der Waals surface area (Å²) in [7, 11) is -6.85. The van der Waals surface area contributed by atoms with Crippen LogP contribution in [0.1, 0.15) is 26.3 Å². The van der Waals surface area contributed by atoms with Crippen LogP contribution in [0.25, 0.3) is 10.9 Å². The second-order valence-electron chi connectivity index (χ2n) is 9.31. The number of sulfone groups is 1. The van der Waals surface area contributed by atoms with Crippen LogP contribution >= 0.6 is 27.5 Å². The van der Waals surface area contributed by atoms with Gasteiger partial charge in [0.15, 0.2) is 9.84 Å². The van der Waals surface area contributed by atoms with Crippen LogP contribution < -0.4 is 11.0 Å². The van der Waals surface area contributed by atoms with Gasteiger partial charge in [-0.25, -0.2) is 26.5 Å². The molecule has 2 heterocycles. The van der Waals surface area contributed by atoms with Gasteiger partial charge in [0.25, 0.3) is 5.56 Å². The van der Waals surface area contributed by atoms with Gasteiger partial charge >= 0.3 is 0 Å². The van der Waals surface area contributed by atoms with Gasteiger partial charge in [-0.1, -0.05) is 34.5 Å². The predicted octanol–water partition coefficient (Wildman–Crippen LogP) is 3.34. The fourth-order valence-electron chi connectivity index (χ4n) is 4.21. The summed E-state index contributed by atoms with van der Waals surface area (Å²) in [5.74, 6) is -0.105. The lowest BCUT2D eigenvalue weighted by Gasteiger charge is -2.35. The molecule has 0 spiro atoms. The third-order valence-corrected chi connectivity index (χ3v) is 11.5. The van der Waals surface area contributed by atoms with Gasteiger partial charge in [-0.05, 0) is 49.7 Å². The molecule has 0 bridgehead atoms. The Morgan fingerprint density at radius 1 is 1.08 bits per heavy atom. The first-order valence-corrected chi connectivity index (χ1v) is 16.4. The zero-order chi connectivity index (χ0) is 27.8. The summed E-state index contributed by atoms with van der Waals surface area (Å²) in [5, 5.41) is 0.208. The number of nitrogens with one attached hydrogen (secondary N) is 1. The van der Waals surface area contributed by atoms with Crippen molar-refractivity contribution in [3.05, 3.63) is 62.1 Å². The monoisotopic (exact) mass is 645 g/mol. The summed E-state index contributed by atoms with van der Waals surface area (Å²) in [4.78, 5) is 19.9. The SMILES string of the molecule is CCS(=O)(=O)c1ccc(Cl)cc1Nn1cnc2cc(CN3CCN(S(=O)(=O)C(C)C)CC3)c(Br)cc2c1=O. The molecule has 0 aliphatic carbocycles. The summed E-state index contributed by atoms with van der Waals surface area (Å²) in [6, 6.07) is 7.86. The van der Waals surface area contributed by atoms with Crippen LogP contribution in [0.4, 0.5) is 5.69 Å². The normalized spacial score (nSPS) is 15.8. The number of anilines is 1. The fourth-order valence-corrected chi connectivity index (χ4v) is 7.15. The van der Waals surface area contributed by atoms with E-state index in [1.807, 2.05) is 6.07 Å². The molecule has 0 amide bonds. The van der Waals surface area contributed by atoms with Crippen LogP contribution in [0.15, 0.2) is 50.8 Å². The number of fused-ring (bicyclic) bond motifs is 1. The second-order valence-corrected chi connectivity index (χ2v) is 15.3. The Morgan fingerprint density at radius 3 is 2.39 bits per heavy atom. The number of halogens is 2. The average Bonchev–Trinajstić information content (AvgIpc) is 2.87. The maximum absolute atomic E-state index is 13.3. The van der Waals surface area contributed by atoms with Crippen LogP contribution in [0.2, 0.25) is 5.02 Å². The number of sulfonamides is 1. The van der Waals surface area contributed by atoms with E-state index in [9.17, 15) is 21.6 Å². The Balaban J connectivity index is 1.58. The van der Waals surface area contributed by atoms with Gasteiger partial charge in [0.2, 0.25) is 10.0 Å². The Bertz CT molecular complexity index is 1640. The van der Waals surface area contributed by atoms with Gasteiger partial charge in [-0.15, -0.1) is 0 Å². The van der Waals surface area contributed by atoms with Crippen LogP contribution in [0.3, 0.4) is 0 Å². The Labute approximate surface area is 235 Å². The molecule has 3 aromatic rings. The standard InChI is InChI=1S/C24H29BrClN5O5S2/c1-4-37(33,34)23-6-5-18(26)12-22(23)28-31-15-27-21-11-17(20(25)13-19(21)24(31)32)14-29-7-9-30(10-8-29)38(35,36)16(2)3/h5-6,11-13,15-16,28H,4,7-10,14H2,1-3H3. The van der Waals surface area contributed by atoms with Crippen molar-refractivity contribution < 1.29 is 16.8 Å². The van der Waals surface area contributed by atoms with Crippen LogP contribution in [-0.4, -0.2) is 72.9 Å². The number of benzene rings is 2. The molecular weight excluding hydrogens is 618 g/mol. The van der Waals surface area contributed by atoms with Gasteiger partial charge in [-0.2, -0.15) is 4.31 Å². The minimum absolute atomic E-state index is 0.0363. The van der Waals surface area contributed by atoms with Gasteiger partial charge in [0, 0.05) is 42.2 Å². The molecule has 1 fully saturated rings. The maximum atomic E-state index is 13.3. The van der Waals surface area contributed by atoms with E-state index in [4.69, 9.17) is 11.6 Å². The molecule has 1 aromatic heterocycles.